The summed E-state index contributed by atoms with van der Waals surface area (Å²) in [4.78, 5) is 23.7. The van der Waals surface area contributed by atoms with E-state index >= 15 is 0 Å². The van der Waals surface area contributed by atoms with Crippen LogP contribution in [0.5, 0.6) is 0 Å². The van der Waals surface area contributed by atoms with Crippen molar-refractivity contribution < 1.29 is 14.8 Å². The average Bonchev–Trinajstić information content (AvgIpc) is 2.48. The number of benzene rings is 1. The summed E-state index contributed by atoms with van der Waals surface area (Å²) >= 11 is 0. The first kappa shape index (κ1) is 14.3. The highest BCUT2D eigenvalue weighted by atomic mass is 16.6. The molecule has 1 aromatic carbocycles. The van der Waals surface area contributed by atoms with Gasteiger partial charge in [-0.2, -0.15) is 0 Å². The fourth-order valence-electron chi connectivity index (χ4n) is 2.19. The largest absolute Gasteiger partial charge is 0.396 e. The summed E-state index contributed by atoms with van der Waals surface area (Å²) in [5.74, 6) is 0.276. The van der Waals surface area contributed by atoms with Crippen LogP contribution in [0.25, 0.3) is 0 Å². The van der Waals surface area contributed by atoms with Gasteiger partial charge in [-0.1, -0.05) is 0 Å². The maximum absolute atomic E-state index is 12.0. The number of nitrogens with one attached hydrogen (secondary N) is 1. The Morgan fingerprint density at radius 3 is 2.45 bits per heavy atom. The van der Waals surface area contributed by atoms with Crippen LogP contribution >= 0.6 is 0 Å². The average molecular weight is 279 g/mol. The molecule has 1 fully saturated rings. The van der Waals surface area contributed by atoms with Crippen LogP contribution in [0.2, 0.25) is 0 Å². The number of piperidine rings is 1. The number of rotatable bonds is 3. The highest BCUT2D eigenvalue weighted by Crippen LogP contribution is 2.19. The van der Waals surface area contributed by atoms with E-state index in [1.54, 1.807) is 4.90 Å². The van der Waals surface area contributed by atoms with Crippen molar-refractivity contribution in [2.45, 2.75) is 12.8 Å². The smallest absolute Gasteiger partial charge is 0.321 e. The zero-order valence-corrected chi connectivity index (χ0v) is 11.0. The number of aliphatic hydroxyl groups excluding tert-OH is 1. The van der Waals surface area contributed by atoms with Crippen LogP contribution < -0.4 is 5.32 Å². The van der Waals surface area contributed by atoms with E-state index < -0.39 is 4.92 Å². The minimum Gasteiger partial charge on any atom is -0.396 e. The van der Waals surface area contributed by atoms with Crippen LogP contribution in [-0.4, -0.2) is 40.7 Å². The molecular formula is C13H17N3O4. The number of anilines is 1. The van der Waals surface area contributed by atoms with Gasteiger partial charge in [0.2, 0.25) is 0 Å². The first-order valence-corrected chi connectivity index (χ1v) is 6.51. The molecule has 1 heterocycles. The van der Waals surface area contributed by atoms with Crippen LogP contribution in [0.3, 0.4) is 0 Å². The molecule has 7 heteroatoms. The van der Waals surface area contributed by atoms with Crippen molar-refractivity contribution >= 4 is 17.4 Å². The lowest BCUT2D eigenvalue weighted by atomic mass is 9.98. The standard InChI is InChI=1S/C13H17N3O4/c17-9-10-5-7-15(8-6-10)13(18)14-11-1-3-12(4-2-11)16(19)20/h1-4,10,17H,5-9H2,(H,14,18). The van der Waals surface area contributed by atoms with Crippen molar-refractivity contribution in [2.75, 3.05) is 25.0 Å². The molecule has 0 radical (unpaired) electrons. The molecule has 2 rings (SSSR count). The topological polar surface area (TPSA) is 95.7 Å². The molecule has 1 aliphatic heterocycles. The van der Waals surface area contributed by atoms with Gasteiger partial charge >= 0.3 is 6.03 Å². The first-order valence-electron chi connectivity index (χ1n) is 6.51. The Morgan fingerprint density at radius 1 is 1.35 bits per heavy atom. The summed E-state index contributed by atoms with van der Waals surface area (Å²) in [6, 6.07) is 5.52. The second-order valence-electron chi connectivity index (χ2n) is 4.85. The lowest BCUT2D eigenvalue weighted by Gasteiger charge is -2.31. The number of non-ortho nitro benzene ring substituents is 1. The number of urea groups is 1. The number of carbonyl (C=O) groups is 1. The lowest BCUT2D eigenvalue weighted by Crippen LogP contribution is -2.41. The normalized spacial score (nSPS) is 15.9. The number of nitro benzene ring substituents is 1. The quantitative estimate of drug-likeness (QED) is 0.651. The van der Waals surface area contributed by atoms with Gasteiger partial charge in [0.25, 0.3) is 5.69 Å². The van der Waals surface area contributed by atoms with Gasteiger partial charge < -0.3 is 15.3 Å². The second kappa shape index (κ2) is 6.33. The Hall–Kier alpha value is -2.15. The molecule has 1 aromatic rings. The number of likely N-dealkylation sites (tertiary alicyclic amines) is 1. The highest BCUT2D eigenvalue weighted by Gasteiger charge is 2.22. The third-order valence-electron chi connectivity index (χ3n) is 3.49. The number of carbonyl (C=O) groups excluding carboxylic acids is 1. The molecule has 0 spiro atoms. The molecule has 0 bridgehead atoms. The monoisotopic (exact) mass is 279 g/mol. The van der Waals surface area contributed by atoms with E-state index in [2.05, 4.69) is 5.32 Å². The van der Waals surface area contributed by atoms with Crippen molar-refractivity contribution in [3.63, 3.8) is 0 Å². The third kappa shape index (κ3) is 3.45. The molecule has 7 nitrogen and oxygen atoms in total. The summed E-state index contributed by atoms with van der Waals surface area (Å²) in [6.07, 6.45) is 1.59. The van der Waals surface area contributed by atoms with E-state index in [0.717, 1.165) is 12.8 Å². The van der Waals surface area contributed by atoms with E-state index in [1.165, 1.54) is 24.3 Å². The molecule has 0 atom stereocenters. The fraction of sp³-hybridized carbons (Fsp3) is 0.462. The van der Waals surface area contributed by atoms with Crippen LogP contribution in [0.1, 0.15) is 12.8 Å². The summed E-state index contributed by atoms with van der Waals surface area (Å²) in [6.45, 7) is 1.39. The van der Waals surface area contributed by atoms with Crippen molar-refractivity contribution in [1.82, 2.24) is 4.90 Å². The van der Waals surface area contributed by atoms with E-state index in [0.29, 0.717) is 18.8 Å². The Labute approximate surface area is 116 Å². The van der Waals surface area contributed by atoms with Crippen LogP contribution in [0.4, 0.5) is 16.2 Å². The maximum atomic E-state index is 12.0. The number of nitro groups is 1. The Bertz CT molecular complexity index is 481. The summed E-state index contributed by atoms with van der Waals surface area (Å²) < 4.78 is 0. The van der Waals surface area contributed by atoms with E-state index in [1.807, 2.05) is 0 Å². The number of aliphatic hydroxyl groups is 1. The number of amides is 2. The van der Waals surface area contributed by atoms with Crippen molar-refractivity contribution in [3.05, 3.63) is 34.4 Å². The third-order valence-corrected chi connectivity index (χ3v) is 3.49. The summed E-state index contributed by atoms with van der Waals surface area (Å²) in [5.41, 5.74) is 0.525. The van der Waals surface area contributed by atoms with Gasteiger partial charge in [-0.3, -0.25) is 10.1 Å². The van der Waals surface area contributed by atoms with Crippen LogP contribution in [0.15, 0.2) is 24.3 Å². The van der Waals surface area contributed by atoms with Gasteiger partial charge in [-0.15, -0.1) is 0 Å². The Morgan fingerprint density at radius 2 is 1.95 bits per heavy atom. The predicted molar refractivity (Wildman–Crippen MR) is 73.5 cm³/mol. The van der Waals surface area contributed by atoms with Crippen molar-refractivity contribution in [1.29, 1.82) is 0 Å². The predicted octanol–water partition coefficient (Wildman–Crippen LogP) is 1.83. The van der Waals surface area contributed by atoms with Gasteiger partial charge in [0.05, 0.1) is 4.92 Å². The second-order valence-corrected chi connectivity index (χ2v) is 4.85. The summed E-state index contributed by atoms with van der Waals surface area (Å²) in [5, 5.41) is 22.3. The number of nitrogens with zero attached hydrogens (tertiary/aromatic N) is 2. The molecular weight excluding hydrogens is 262 g/mol. The minimum atomic E-state index is -0.481. The molecule has 20 heavy (non-hydrogen) atoms. The van der Waals surface area contributed by atoms with Gasteiger partial charge in [-0.25, -0.2) is 4.79 Å². The zero-order chi connectivity index (χ0) is 14.5. The fourth-order valence-corrected chi connectivity index (χ4v) is 2.19. The van der Waals surface area contributed by atoms with Crippen molar-refractivity contribution in [3.8, 4) is 0 Å². The number of hydrogen-bond donors (Lipinski definition) is 2. The van der Waals surface area contributed by atoms with Gasteiger partial charge in [0, 0.05) is 37.5 Å². The molecule has 1 saturated heterocycles. The molecule has 108 valence electrons. The summed E-state index contributed by atoms with van der Waals surface area (Å²) in [7, 11) is 0. The maximum Gasteiger partial charge on any atom is 0.321 e. The number of hydrogen-bond acceptors (Lipinski definition) is 4. The Kier molecular flexibility index (Phi) is 4.52. The Balaban J connectivity index is 1.90. The minimum absolute atomic E-state index is 0.00763. The van der Waals surface area contributed by atoms with Crippen LogP contribution in [0, 0.1) is 16.0 Å². The van der Waals surface area contributed by atoms with E-state index in [9.17, 15) is 14.9 Å². The van der Waals surface area contributed by atoms with Crippen LogP contribution in [-0.2, 0) is 0 Å². The molecule has 2 amide bonds. The first-order chi connectivity index (χ1) is 9.60. The van der Waals surface area contributed by atoms with Gasteiger partial charge in [0.15, 0.2) is 0 Å². The van der Waals surface area contributed by atoms with E-state index in [-0.39, 0.29) is 24.2 Å². The highest BCUT2D eigenvalue weighted by molar-refractivity contribution is 5.89. The van der Waals surface area contributed by atoms with Crippen molar-refractivity contribution in [2.24, 2.45) is 5.92 Å². The molecule has 1 aliphatic rings. The molecule has 0 aromatic heterocycles. The lowest BCUT2D eigenvalue weighted by molar-refractivity contribution is -0.384. The molecule has 0 aliphatic carbocycles. The van der Waals surface area contributed by atoms with E-state index in [4.69, 9.17) is 5.11 Å². The SMILES string of the molecule is O=C(Nc1ccc([N+](=O)[O-])cc1)N1CCC(CO)CC1. The molecule has 2 N–H and O–H groups in total. The molecule has 0 saturated carbocycles. The zero-order valence-electron chi connectivity index (χ0n) is 11.0. The van der Waals surface area contributed by atoms with Gasteiger partial charge in [0.1, 0.15) is 0 Å². The van der Waals surface area contributed by atoms with Gasteiger partial charge in [-0.05, 0) is 30.9 Å². The molecule has 0 unspecified atom stereocenters.